The van der Waals surface area contributed by atoms with Crippen LogP contribution in [0.5, 0.6) is 0 Å². The lowest BCUT2D eigenvalue weighted by Crippen LogP contribution is -2.26. The van der Waals surface area contributed by atoms with E-state index in [9.17, 15) is 0 Å². The zero-order chi connectivity index (χ0) is 27.2. The van der Waals surface area contributed by atoms with Gasteiger partial charge in [0.25, 0.3) is 0 Å². The molecule has 5 rings (SSSR count). The second kappa shape index (κ2) is 15.4. The molecule has 40 heavy (non-hydrogen) atoms. The van der Waals surface area contributed by atoms with Crippen LogP contribution < -0.4 is 26.5 Å². The predicted octanol–water partition coefficient (Wildman–Crippen LogP) is 6.65. The van der Waals surface area contributed by atoms with Gasteiger partial charge in [0.15, 0.2) is 0 Å². The maximum absolute atomic E-state index is 5.15. The standard InChI is InChI=1S/C36H36N2P2/c1-6-16-31(17-7-1)36(38-27-29-40(34-22-12-4-13-23-34)35-24-14-5-15-25-35)30-37-26-28-39(32-18-8-2-9-19-32)33-20-10-3-11-21-33/h1-25,27,36-37H,26,28-30H2/b38-27+/t36-/m1/s1. The number of benzene rings is 5. The zero-order valence-electron chi connectivity index (χ0n) is 22.8. The summed E-state index contributed by atoms with van der Waals surface area (Å²) >= 11 is 0. The van der Waals surface area contributed by atoms with Crippen LogP contribution in [-0.2, 0) is 0 Å². The Bertz CT molecular complexity index is 1330. The molecule has 0 bridgehead atoms. The first-order valence-electron chi connectivity index (χ1n) is 13.9. The van der Waals surface area contributed by atoms with Crippen molar-refractivity contribution in [2.45, 2.75) is 6.04 Å². The summed E-state index contributed by atoms with van der Waals surface area (Å²) in [7, 11) is -0.899. The zero-order valence-corrected chi connectivity index (χ0v) is 24.5. The van der Waals surface area contributed by atoms with Gasteiger partial charge in [0.05, 0.1) is 6.04 Å². The molecule has 0 spiro atoms. The Labute approximate surface area is 241 Å². The molecule has 200 valence electrons. The molecule has 5 aromatic carbocycles. The summed E-state index contributed by atoms with van der Waals surface area (Å²) in [4.78, 5) is 5.15. The van der Waals surface area contributed by atoms with E-state index in [-0.39, 0.29) is 6.04 Å². The molecule has 5 aromatic rings. The van der Waals surface area contributed by atoms with Gasteiger partial charge in [0.2, 0.25) is 0 Å². The highest BCUT2D eigenvalue weighted by Crippen LogP contribution is 2.33. The molecule has 0 aliphatic rings. The second-order valence-corrected chi connectivity index (χ2v) is 14.2. The van der Waals surface area contributed by atoms with Gasteiger partial charge in [-0.25, -0.2) is 0 Å². The highest BCUT2D eigenvalue weighted by Gasteiger charge is 2.15. The van der Waals surface area contributed by atoms with Gasteiger partial charge in [-0.15, -0.1) is 0 Å². The van der Waals surface area contributed by atoms with Crippen molar-refractivity contribution >= 4 is 43.3 Å². The van der Waals surface area contributed by atoms with Gasteiger partial charge in [-0.2, -0.15) is 0 Å². The Morgan fingerprint density at radius 3 is 1.38 bits per heavy atom. The first-order chi connectivity index (χ1) is 19.9. The SMILES string of the molecule is C(/CP(c1ccccc1)c1ccccc1)=N\[C@H](CNCCP(c1ccccc1)c1ccccc1)c1ccccc1. The van der Waals surface area contributed by atoms with Crippen molar-refractivity contribution in [3.05, 3.63) is 157 Å². The molecule has 1 N–H and O–H groups in total. The number of nitrogens with zero attached hydrogens (tertiary/aromatic N) is 1. The van der Waals surface area contributed by atoms with Crippen LogP contribution in [0, 0.1) is 0 Å². The highest BCUT2D eigenvalue weighted by atomic mass is 31.1. The van der Waals surface area contributed by atoms with Gasteiger partial charge >= 0.3 is 0 Å². The van der Waals surface area contributed by atoms with Gasteiger partial charge in [-0.3, -0.25) is 4.99 Å². The molecular formula is C36H36N2P2. The maximum atomic E-state index is 5.15. The monoisotopic (exact) mass is 558 g/mol. The molecule has 0 aromatic heterocycles. The van der Waals surface area contributed by atoms with E-state index in [1.165, 1.54) is 26.8 Å². The third-order valence-electron chi connectivity index (χ3n) is 6.86. The molecule has 0 heterocycles. The van der Waals surface area contributed by atoms with Crippen LogP contribution in [0.2, 0.25) is 0 Å². The largest absolute Gasteiger partial charge is 0.314 e. The van der Waals surface area contributed by atoms with Crippen molar-refractivity contribution in [3.8, 4) is 0 Å². The Morgan fingerprint density at radius 2 is 0.925 bits per heavy atom. The average Bonchev–Trinajstić information content (AvgIpc) is 3.04. The topological polar surface area (TPSA) is 24.4 Å². The number of rotatable bonds is 13. The van der Waals surface area contributed by atoms with Crippen molar-refractivity contribution in [2.24, 2.45) is 4.99 Å². The highest BCUT2D eigenvalue weighted by molar-refractivity contribution is 7.73. The number of hydrogen-bond acceptors (Lipinski definition) is 2. The molecule has 0 fully saturated rings. The third kappa shape index (κ3) is 8.06. The van der Waals surface area contributed by atoms with Crippen molar-refractivity contribution in [3.63, 3.8) is 0 Å². The minimum atomic E-state index is -0.494. The van der Waals surface area contributed by atoms with Crippen LogP contribution in [0.25, 0.3) is 0 Å². The molecule has 0 saturated carbocycles. The average molecular weight is 559 g/mol. The fourth-order valence-corrected chi connectivity index (χ4v) is 9.12. The fraction of sp³-hybridized carbons (Fsp3) is 0.139. The molecule has 0 aliphatic heterocycles. The van der Waals surface area contributed by atoms with E-state index >= 15 is 0 Å². The molecule has 2 nitrogen and oxygen atoms in total. The fourth-order valence-electron chi connectivity index (χ4n) is 4.82. The summed E-state index contributed by atoms with van der Waals surface area (Å²) < 4.78 is 0. The van der Waals surface area contributed by atoms with E-state index in [1.54, 1.807) is 0 Å². The summed E-state index contributed by atoms with van der Waals surface area (Å²) in [6.07, 6.45) is 4.20. The normalized spacial score (nSPS) is 12.2. The summed E-state index contributed by atoms with van der Waals surface area (Å²) in [5.74, 6) is 0. The van der Waals surface area contributed by atoms with Crippen LogP contribution >= 0.6 is 15.8 Å². The summed E-state index contributed by atoms with van der Waals surface area (Å²) in [6.45, 7) is 1.77. The Kier molecular flexibility index (Phi) is 10.8. The third-order valence-corrected chi connectivity index (χ3v) is 11.7. The predicted molar refractivity (Wildman–Crippen MR) is 178 cm³/mol. The van der Waals surface area contributed by atoms with Crippen LogP contribution in [0.1, 0.15) is 11.6 Å². The first-order valence-corrected chi connectivity index (χ1v) is 17.0. The van der Waals surface area contributed by atoms with Crippen LogP contribution in [0.4, 0.5) is 0 Å². The first kappa shape index (κ1) is 28.1. The lowest BCUT2D eigenvalue weighted by molar-refractivity contribution is 0.621. The Balaban J connectivity index is 1.27. The number of aliphatic imine (C=N–C) groups is 1. The minimum absolute atomic E-state index is 0.0873. The minimum Gasteiger partial charge on any atom is -0.314 e. The number of nitrogens with one attached hydrogen (secondary N) is 1. The Morgan fingerprint density at radius 1 is 0.525 bits per heavy atom. The van der Waals surface area contributed by atoms with Crippen molar-refractivity contribution in [2.75, 3.05) is 25.4 Å². The smallest absolute Gasteiger partial charge is 0.0869 e. The molecule has 0 unspecified atom stereocenters. The van der Waals surface area contributed by atoms with Gasteiger partial charge in [-0.1, -0.05) is 152 Å². The van der Waals surface area contributed by atoms with Crippen LogP contribution in [0.3, 0.4) is 0 Å². The van der Waals surface area contributed by atoms with Crippen molar-refractivity contribution < 1.29 is 0 Å². The quantitative estimate of drug-likeness (QED) is 0.0977. The Hall–Kier alpha value is -3.41. The van der Waals surface area contributed by atoms with E-state index in [0.717, 1.165) is 25.4 Å². The van der Waals surface area contributed by atoms with Gasteiger partial charge in [0, 0.05) is 18.9 Å². The molecule has 0 saturated heterocycles. The summed E-state index contributed by atoms with van der Waals surface area (Å²) in [6, 6.07) is 54.4. The van der Waals surface area contributed by atoms with Crippen LogP contribution in [-0.4, -0.2) is 31.6 Å². The molecular weight excluding hydrogens is 522 g/mol. The van der Waals surface area contributed by atoms with E-state index in [2.05, 4.69) is 163 Å². The lowest BCUT2D eigenvalue weighted by atomic mass is 10.1. The van der Waals surface area contributed by atoms with Crippen molar-refractivity contribution in [1.29, 1.82) is 0 Å². The molecule has 4 heteroatoms. The lowest BCUT2D eigenvalue weighted by Gasteiger charge is -2.20. The van der Waals surface area contributed by atoms with Crippen molar-refractivity contribution in [1.82, 2.24) is 5.32 Å². The van der Waals surface area contributed by atoms with Crippen LogP contribution in [0.15, 0.2) is 157 Å². The van der Waals surface area contributed by atoms with Gasteiger partial charge < -0.3 is 5.32 Å². The molecule has 0 amide bonds. The van der Waals surface area contributed by atoms with Gasteiger partial charge in [0.1, 0.15) is 0 Å². The molecule has 0 aliphatic carbocycles. The maximum Gasteiger partial charge on any atom is 0.0869 e. The molecule has 1 atom stereocenters. The summed E-state index contributed by atoms with van der Waals surface area (Å²) in [5, 5.41) is 9.40. The van der Waals surface area contributed by atoms with Gasteiger partial charge in [-0.05, 0) is 55.3 Å². The van der Waals surface area contributed by atoms with E-state index in [0.29, 0.717) is 0 Å². The molecule has 0 radical (unpaired) electrons. The van der Waals surface area contributed by atoms with E-state index < -0.39 is 15.8 Å². The van der Waals surface area contributed by atoms with E-state index in [4.69, 9.17) is 4.99 Å². The number of hydrogen-bond donors (Lipinski definition) is 1. The summed E-state index contributed by atoms with van der Waals surface area (Å²) in [5.41, 5.74) is 1.25. The van der Waals surface area contributed by atoms with E-state index in [1.807, 2.05) is 0 Å². The second-order valence-electron chi connectivity index (χ2n) is 9.57.